The van der Waals surface area contributed by atoms with Crippen LogP contribution < -0.4 is 9.05 Å². The maximum Gasteiger partial charge on any atom is 0.668 e. The lowest BCUT2D eigenvalue weighted by molar-refractivity contribution is 0.219. The zero-order valence-electron chi connectivity index (χ0n) is 17.3. The molecule has 0 unspecified atom stereocenters. The van der Waals surface area contributed by atoms with Crippen LogP contribution in [0.5, 0.6) is 11.5 Å². The molecule has 0 amide bonds. The first-order chi connectivity index (χ1) is 16.5. The van der Waals surface area contributed by atoms with Gasteiger partial charge in [-0.05, 0) is 48.6 Å². The van der Waals surface area contributed by atoms with Crippen LogP contribution in [-0.4, -0.2) is 5.04 Å². The van der Waals surface area contributed by atoms with Crippen molar-refractivity contribution in [1.82, 2.24) is 0 Å². The van der Waals surface area contributed by atoms with Crippen molar-refractivity contribution < 1.29 is 18.2 Å². The molecule has 170 valence electrons. The smallest absolute Gasteiger partial charge is 0.385 e. The monoisotopic (exact) mass is 528 g/mol. The Hall–Kier alpha value is -3.14. The highest BCUT2D eigenvalue weighted by atomic mass is 35.5. The summed E-state index contributed by atoms with van der Waals surface area (Å²) in [6.07, 6.45) is 3.28. The Labute approximate surface area is 210 Å². The molecule has 4 rings (SSSR count). The molecule has 0 aliphatic carbocycles. The Morgan fingerprint density at radius 1 is 0.853 bits per heavy atom. The molecule has 0 saturated carbocycles. The van der Waals surface area contributed by atoms with Gasteiger partial charge in [0.05, 0.1) is 15.6 Å². The Bertz CT molecular complexity index is 1310. The van der Waals surface area contributed by atoms with Crippen molar-refractivity contribution in [1.29, 1.82) is 5.26 Å². The van der Waals surface area contributed by atoms with E-state index in [1.54, 1.807) is 91.0 Å². The lowest BCUT2D eigenvalue weighted by Gasteiger charge is -2.16. The van der Waals surface area contributed by atoms with Gasteiger partial charge in [-0.3, -0.25) is 4.62 Å². The van der Waals surface area contributed by atoms with Crippen molar-refractivity contribution in [2.24, 2.45) is 5.16 Å². The summed E-state index contributed by atoms with van der Waals surface area (Å²) in [4.78, 5) is 0.558. The molecular weight excluding hydrogens is 514 g/mol. The summed E-state index contributed by atoms with van der Waals surface area (Å²) in [6.45, 7) is 0. The van der Waals surface area contributed by atoms with Gasteiger partial charge in [0.1, 0.15) is 22.6 Å². The van der Waals surface area contributed by atoms with Crippen molar-refractivity contribution in [3.05, 3.63) is 112 Å². The topological polar surface area (TPSA) is 80.9 Å². The minimum absolute atomic E-state index is 0.284. The van der Waals surface area contributed by atoms with Crippen LogP contribution in [0.25, 0.3) is 5.57 Å². The molecule has 1 heterocycles. The zero-order valence-corrected chi connectivity index (χ0v) is 20.5. The first-order valence-electron chi connectivity index (χ1n) is 9.78. The van der Waals surface area contributed by atoms with Gasteiger partial charge in [0.15, 0.2) is 0 Å². The van der Waals surface area contributed by atoms with E-state index < -0.39 is 7.82 Å². The van der Waals surface area contributed by atoms with Gasteiger partial charge in [0, 0.05) is 10.5 Å². The maximum atomic E-state index is 13.4. The van der Waals surface area contributed by atoms with E-state index in [4.69, 9.17) is 36.9 Å². The number of phosphoric acid groups is 1. The molecule has 34 heavy (non-hydrogen) atoms. The minimum atomic E-state index is -4.20. The first-order valence-corrected chi connectivity index (χ1v) is 12.8. The van der Waals surface area contributed by atoms with Gasteiger partial charge < -0.3 is 9.05 Å². The SMILES string of the molecule is N#CC(=C1C=CC(=NOP(=O)(Oc2ccccc2)Oc2ccccc2)S1)c1c(Cl)cccc1Cl. The fourth-order valence-electron chi connectivity index (χ4n) is 2.85. The third-order valence-corrected chi connectivity index (χ3v) is 7.07. The molecule has 0 saturated heterocycles. The number of benzene rings is 3. The molecule has 6 nitrogen and oxygen atoms in total. The third kappa shape index (κ3) is 5.85. The molecule has 3 aromatic rings. The summed E-state index contributed by atoms with van der Waals surface area (Å²) < 4.78 is 29.8. The summed E-state index contributed by atoms with van der Waals surface area (Å²) in [7, 11) is -4.20. The van der Waals surface area contributed by atoms with Gasteiger partial charge in [-0.25, -0.2) is 0 Å². The highest BCUT2D eigenvalue weighted by Crippen LogP contribution is 2.50. The largest absolute Gasteiger partial charge is 0.668 e. The molecule has 10 heteroatoms. The lowest BCUT2D eigenvalue weighted by atomic mass is 10.1. The van der Waals surface area contributed by atoms with Crippen LogP contribution in [0.3, 0.4) is 0 Å². The van der Waals surface area contributed by atoms with E-state index in [2.05, 4.69) is 11.2 Å². The molecular formula is C24H15Cl2N2O4PS. The Morgan fingerprint density at radius 2 is 1.41 bits per heavy atom. The van der Waals surface area contributed by atoms with Gasteiger partial charge in [-0.15, -0.1) is 0 Å². The quantitative estimate of drug-likeness (QED) is 0.175. The van der Waals surface area contributed by atoms with Crippen molar-refractivity contribution in [3.63, 3.8) is 0 Å². The van der Waals surface area contributed by atoms with Gasteiger partial charge in [0.2, 0.25) is 0 Å². The summed E-state index contributed by atoms with van der Waals surface area (Å²) in [5, 5.41) is 14.7. The fourth-order valence-corrected chi connectivity index (χ4v) is 5.36. The molecule has 0 atom stereocenters. The number of nitriles is 1. The summed E-state index contributed by atoms with van der Waals surface area (Å²) >= 11 is 13.7. The predicted molar refractivity (Wildman–Crippen MR) is 136 cm³/mol. The van der Waals surface area contributed by atoms with Crippen LogP contribution >= 0.6 is 42.8 Å². The van der Waals surface area contributed by atoms with E-state index in [9.17, 15) is 9.83 Å². The summed E-state index contributed by atoms with van der Waals surface area (Å²) in [5.74, 6) is 0.578. The molecule has 0 radical (unpaired) electrons. The van der Waals surface area contributed by atoms with E-state index in [1.165, 1.54) is 0 Å². The van der Waals surface area contributed by atoms with Crippen molar-refractivity contribution in [2.45, 2.75) is 0 Å². The number of phosphoric ester groups is 1. The van der Waals surface area contributed by atoms with E-state index in [0.717, 1.165) is 11.8 Å². The average molecular weight is 529 g/mol. The van der Waals surface area contributed by atoms with Gasteiger partial charge in [-0.2, -0.15) is 9.83 Å². The number of thioether (sulfide) groups is 1. The molecule has 0 N–H and O–H groups in total. The lowest BCUT2D eigenvalue weighted by Crippen LogP contribution is -2.03. The first kappa shape index (κ1) is 24.0. The number of hydrogen-bond donors (Lipinski definition) is 0. The number of hydrogen-bond acceptors (Lipinski definition) is 7. The van der Waals surface area contributed by atoms with Crippen molar-refractivity contribution >= 4 is 53.4 Å². The number of oxime groups is 1. The van der Waals surface area contributed by atoms with Gasteiger partial charge >= 0.3 is 7.82 Å². The minimum Gasteiger partial charge on any atom is -0.385 e. The Balaban J connectivity index is 1.59. The van der Waals surface area contributed by atoms with Gasteiger partial charge in [0.25, 0.3) is 0 Å². The van der Waals surface area contributed by atoms with Crippen molar-refractivity contribution in [3.8, 4) is 17.6 Å². The molecule has 1 aliphatic rings. The number of nitrogens with zero attached hydrogens (tertiary/aromatic N) is 2. The molecule has 0 spiro atoms. The van der Waals surface area contributed by atoms with Crippen LogP contribution in [0.1, 0.15) is 5.56 Å². The number of para-hydroxylation sites is 2. The molecule has 3 aromatic carbocycles. The molecule has 0 aromatic heterocycles. The van der Waals surface area contributed by atoms with Crippen LogP contribution in [0.15, 0.2) is 101 Å². The predicted octanol–water partition coefficient (Wildman–Crippen LogP) is 8.13. The van der Waals surface area contributed by atoms with Crippen LogP contribution in [-0.2, 0) is 9.19 Å². The van der Waals surface area contributed by atoms with Gasteiger partial charge in [-0.1, -0.05) is 82.6 Å². The zero-order chi connectivity index (χ0) is 24.0. The average Bonchev–Trinajstić information content (AvgIpc) is 3.30. The molecule has 0 fully saturated rings. The Kier molecular flexibility index (Phi) is 7.66. The maximum absolute atomic E-state index is 13.4. The highest BCUT2D eigenvalue weighted by Gasteiger charge is 2.34. The normalized spacial score (nSPS) is 15.6. The number of rotatable bonds is 7. The summed E-state index contributed by atoms with van der Waals surface area (Å²) in [6, 6.07) is 24.1. The van der Waals surface area contributed by atoms with Crippen LogP contribution in [0.4, 0.5) is 0 Å². The number of allylic oxidation sites excluding steroid dienone is 2. The van der Waals surface area contributed by atoms with Crippen LogP contribution in [0, 0.1) is 11.3 Å². The van der Waals surface area contributed by atoms with Crippen LogP contribution in [0.2, 0.25) is 10.0 Å². The molecule has 1 aliphatic heterocycles. The molecule has 0 bridgehead atoms. The fraction of sp³-hybridized carbons (Fsp3) is 0. The second-order valence-corrected chi connectivity index (χ2v) is 9.95. The van der Waals surface area contributed by atoms with Crippen molar-refractivity contribution in [2.75, 3.05) is 0 Å². The van der Waals surface area contributed by atoms with E-state index in [0.29, 0.717) is 25.6 Å². The second kappa shape index (κ2) is 10.9. The second-order valence-electron chi connectivity index (χ2n) is 6.65. The summed E-state index contributed by atoms with van der Waals surface area (Å²) in [5.41, 5.74) is 0.708. The standard InChI is InChI=1S/C24H15Cl2N2O4PS/c25-20-12-7-13-21(26)24(20)19(16-27)22-14-15-23(34-22)28-32-33(29,30-17-8-3-1-4-9-17)31-18-10-5-2-6-11-18/h1-15H. The Morgan fingerprint density at radius 3 is 1.94 bits per heavy atom. The number of halogens is 2. The van der Waals surface area contributed by atoms with E-state index in [1.807, 2.05) is 0 Å². The third-order valence-electron chi connectivity index (χ3n) is 4.31. The highest BCUT2D eigenvalue weighted by molar-refractivity contribution is 8.18. The van der Waals surface area contributed by atoms with E-state index in [-0.39, 0.29) is 17.1 Å². The van der Waals surface area contributed by atoms with E-state index >= 15 is 0 Å².